The molecule has 0 atom stereocenters. The quantitative estimate of drug-likeness (QED) is 0.420. The Balaban J connectivity index is 1.52. The van der Waals surface area contributed by atoms with Gasteiger partial charge in [0.05, 0.1) is 12.1 Å². The topological polar surface area (TPSA) is 42.4 Å². The first-order valence-electron chi connectivity index (χ1n) is 9.38. The van der Waals surface area contributed by atoms with Crippen LogP contribution in [0.1, 0.15) is 16.3 Å². The largest absolute Gasteiger partial charge is 0.486 e. The first-order chi connectivity index (χ1) is 14.1. The third-order valence-corrected chi connectivity index (χ3v) is 5.45. The zero-order chi connectivity index (χ0) is 20.5. The fourth-order valence-electron chi connectivity index (χ4n) is 2.82. The Morgan fingerprint density at radius 3 is 2.66 bits per heavy atom. The Kier molecular flexibility index (Phi) is 7.85. The molecule has 0 aliphatic carbocycles. The van der Waals surface area contributed by atoms with Gasteiger partial charge >= 0.3 is 0 Å². The van der Waals surface area contributed by atoms with Gasteiger partial charge in [-0.15, -0.1) is 17.9 Å². The van der Waals surface area contributed by atoms with E-state index in [1.54, 1.807) is 18.2 Å². The smallest absolute Gasteiger partial charge is 0.228 e. The molecule has 6 heteroatoms. The molecule has 4 nitrogen and oxygen atoms in total. The highest BCUT2D eigenvalue weighted by atomic mass is 35.5. The average Bonchev–Trinajstić information content (AvgIpc) is 3.18. The summed E-state index contributed by atoms with van der Waals surface area (Å²) >= 11 is 7.37. The second kappa shape index (κ2) is 10.8. The molecule has 0 aliphatic heterocycles. The summed E-state index contributed by atoms with van der Waals surface area (Å²) < 4.78 is 5.72. The fourth-order valence-corrected chi connectivity index (χ4v) is 3.65. The van der Waals surface area contributed by atoms with E-state index in [9.17, 15) is 4.79 Å². The second-order valence-electron chi connectivity index (χ2n) is 6.52. The highest BCUT2D eigenvalue weighted by Crippen LogP contribution is 2.18. The molecular formula is C23H23ClN2O2S. The highest BCUT2D eigenvalue weighted by Gasteiger charge is 2.15. The molecule has 3 aromatic rings. The summed E-state index contributed by atoms with van der Waals surface area (Å²) in [7, 11) is 0. The molecule has 0 bridgehead atoms. The van der Waals surface area contributed by atoms with E-state index in [0.29, 0.717) is 24.7 Å². The minimum atomic E-state index is 0.0521. The van der Waals surface area contributed by atoms with Gasteiger partial charge in [-0.2, -0.15) is 0 Å². The van der Waals surface area contributed by atoms with Gasteiger partial charge in [0, 0.05) is 23.5 Å². The number of hydrogen-bond donors (Lipinski definition) is 0. The van der Waals surface area contributed by atoms with Crippen molar-refractivity contribution in [2.24, 2.45) is 0 Å². The Labute approximate surface area is 180 Å². The van der Waals surface area contributed by atoms with Crippen molar-refractivity contribution in [1.29, 1.82) is 0 Å². The van der Waals surface area contributed by atoms with Crippen LogP contribution in [0.2, 0.25) is 5.02 Å². The van der Waals surface area contributed by atoms with Crippen LogP contribution in [0, 0.1) is 0 Å². The van der Waals surface area contributed by atoms with Crippen LogP contribution in [0.5, 0.6) is 5.75 Å². The van der Waals surface area contributed by atoms with Crippen molar-refractivity contribution >= 4 is 28.8 Å². The number of ether oxygens (including phenoxy) is 1. The third-order valence-electron chi connectivity index (χ3n) is 4.32. The van der Waals surface area contributed by atoms with Crippen LogP contribution in [0.15, 0.2) is 72.6 Å². The SMILES string of the molecule is C=CCN(CCc1ccccc1)C(=O)Cc1csc(COc2ccc(Cl)cc2)n1. The predicted molar refractivity (Wildman–Crippen MR) is 119 cm³/mol. The van der Waals surface area contributed by atoms with Crippen molar-refractivity contribution in [1.82, 2.24) is 9.88 Å². The van der Waals surface area contributed by atoms with Crippen LogP contribution in [0.25, 0.3) is 0 Å². The van der Waals surface area contributed by atoms with Gasteiger partial charge in [-0.25, -0.2) is 4.98 Å². The Morgan fingerprint density at radius 2 is 1.93 bits per heavy atom. The number of carbonyl (C=O) groups excluding carboxylic acids is 1. The van der Waals surface area contributed by atoms with Gasteiger partial charge in [0.25, 0.3) is 0 Å². The Morgan fingerprint density at radius 1 is 1.17 bits per heavy atom. The molecule has 0 saturated heterocycles. The number of halogens is 1. The maximum Gasteiger partial charge on any atom is 0.228 e. The number of hydrogen-bond acceptors (Lipinski definition) is 4. The van der Waals surface area contributed by atoms with Crippen molar-refractivity contribution in [2.75, 3.05) is 13.1 Å². The minimum Gasteiger partial charge on any atom is -0.486 e. The maximum atomic E-state index is 12.7. The average molecular weight is 427 g/mol. The van der Waals surface area contributed by atoms with E-state index in [1.165, 1.54) is 16.9 Å². The first kappa shape index (κ1) is 21.1. The fraction of sp³-hybridized carbons (Fsp3) is 0.217. The molecule has 1 amide bonds. The summed E-state index contributed by atoms with van der Waals surface area (Å²) in [6.07, 6.45) is 2.85. The van der Waals surface area contributed by atoms with Crippen LogP contribution in [0.3, 0.4) is 0 Å². The molecule has 0 saturated carbocycles. The third kappa shape index (κ3) is 6.73. The van der Waals surface area contributed by atoms with Crippen molar-refractivity contribution in [3.63, 3.8) is 0 Å². The van der Waals surface area contributed by atoms with E-state index < -0.39 is 0 Å². The van der Waals surface area contributed by atoms with Crippen molar-refractivity contribution in [2.45, 2.75) is 19.4 Å². The number of benzene rings is 2. The maximum absolute atomic E-state index is 12.7. The lowest BCUT2D eigenvalue weighted by Gasteiger charge is -2.21. The normalized spacial score (nSPS) is 10.5. The van der Waals surface area contributed by atoms with Crippen LogP contribution in [0.4, 0.5) is 0 Å². The molecule has 0 spiro atoms. The summed E-state index contributed by atoms with van der Waals surface area (Å²) in [6, 6.07) is 17.4. The molecule has 0 fully saturated rings. The van der Waals surface area contributed by atoms with E-state index in [-0.39, 0.29) is 12.3 Å². The summed E-state index contributed by atoms with van der Waals surface area (Å²) in [5.74, 6) is 0.789. The number of carbonyl (C=O) groups is 1. The van der Waals surface area contributed by atoms with Crippen LogP contribution in [-0.2, 0) is 24.2 Å². The van der Waals surface area contributed by atoms with Crippen LogP contribution < -0.4 is 4.74 Å². The van der Waals surface area contributed by atoms with Gasteiger partial charge in [0.15, 0.2) is 0 Å². The van der Waals surface area contributed by atoms with Crippen molar-refractivity contribution < 1.29 is 9.53 Å². The van der Waals surface area contributed by atoms with E-state index >= 15 is 0 Å². The number of rotatable bonds is 10. The molecule has 1 aromatic heterocycles. The van der Waals surface area contributed by atoms with Gasteiger partial charge in [-0.05, 0) is 36.2 Å². The zero-order valence-electron chi connectivity index (χ0n) is 16.1. The van der Waals surface area contributed by atoms with E-state index in [1.807, 2.05) is 40.6 Å². The van der Waals surface area contributed by atoms with E-state index in [4.69, 9.17) is 16.3 Å². The molecule has 2 aromatic carbocycles. The Hall–Kier alpha value is -2.63. The lowest BCUT2D eigenvalue weighted by Crippen LogP contribution is -2.34. The second-order valence-corrected chi connectivity index (χ2v) is 7.90. The van der Waals surface area contributed by atoms with Crippen LogP contribution >= 0.6 is 22.9 Å². The Bertz CT molecular complexity index is 926. The lowest BCUT2D eigenvalue weighted by atomic mass is 10.1. The summed E-state index contributed by atoms with van der Waals surface area (Å²) in [6.45, 7) is 5.33. The molecule has 150 valence electrons. The molecule has 29 heavy (non-hydrogen) atoms. The molecule has 3 rings (SSSR count). The zero-order valence-corrected chi connectivity index (χ0v) is 17.7. The molecule has 0 unspecified atom stereocenters. The monoisotopic (exact) mass is 426 g/mol. The molecule has 0 aliphatic rings. The number of thiazole rings is 1. The summed E-state index contributed by atoms with van der Waals surface area (Å²) in [5, 5.41) is 3.42. The number of amides is 1. The summed E-state index contributed by atoms with van der Waals surface area (Å²) in [4.78, 5) is 19.1. The molecular weight excluding hydrogens is 404 g/mol. The van der Waals surface area contributed by atoms with Crippen LogP contribution in [-0.4, -0.2) is 28.9 Å². The molecule has 1 heterocycles. The number of nitrogens with zero attached hydrogens (tertiary/aromatic N) is 2. The van der Waals surface area contributed by atoms with Gasteiger partial charge in [-0.3, -0.25) is 4.79 Å². The first-order valence-corrected chi connectivity index (χ1v) is 10.6. The van der Waals surface area contributed by atoms with E-state index in [2.05, 4.69) is 23.7 Å². The van der Waals surface area contributed by atoms with E-state index in [0.717, 1.165) is 22.9 Å². The highest BCUT2D eigenvalue weighted by molar-refractivity contribution is 7.09. The molecule has 0 N–H and O–H groups in total. The van der Waals surface area contributed by atoms with Gasteiger partial charge < -0.3 is 9.64 Å². The lowest BCUT2D eigenvalue weighted by molar-refractivity contribution is -0.130. The predicted octanol–water partition coefficient (Wildman–Crippen LogP) is 5.18. The van der Waals surface area contributed by atoms with Crippen molar-refractivity contribution in [3.8, 4) is 5.75 Å². The minimum absolute atomic E-state index is 0.0521. The van der Waals surface area contributed by atoms with Crippen molar-refractivity contribution in [3.05, 3.63) is 93.9 Å². The van der Waals surface area contributed by atoms with Gasteiger partial charge in [0.1, 0.15) is 17.4 Å². The molecule has 0 radical (unpaired) electrons. The standard InChI is InChI=1S/C23H23ClN2O2S/c1-2-13-26(14-12-18-6-4-3-5-7-18)23(27)15-20-17-29-22(25-20)16-28-21-10-8-19(24)9-11-21/h2-11,17H,1,12-16H2. The van der Waals surface area contributed by atoms with Gasteiger partial charge in [0.2, 0.25) is 5.91 Å². The van der Waals surface area contributed by atoms with Gasteiger partial charge in [-0.1, -0.05) is 48.0 Å². The summed E-state index contributed by atoms with van der Waals surface area (Å²) in [5.41, 5.74) is 1.98. The number of aromatic nitrogens is 1.